The summed E-state index contributed by atoms with van der Waals surface area (Å²) >= 11 is 0. The molecule has 1 heterocycles. The van der Waals surface area contributed by atoms with E-state index in [-0.39, 0.29) is 24.3 Å². The van der Waals surface area contributed by atoms with Gasteiger partial charge in [-0.1, -0.05) is 24.2 Å². The van der Waals surface area contributed by atoms with Gasteiger partial charge < -0.3 is 20.3 Å². The number of amides is 1. The van der Waals surface area contributed by atoms with E-state index >= 15 is 0 Å². The third-order valence-electron chi connectivity index (χ3n) is 3.36. The smallest absolute Gasteiger partial charge is 0.232 e. The fourth-order valence-electron chi connectivity index (χ4n) is 1.84. The van der Waals surface area contributed by atoms with E-state index in [1.54, 1.807) is 19.2 Å². The number of nitrogens with two attached hydrogens (primary N) is 1. The lowest BCUT2D eigenvalue weighted by Gasteiger charge is -2.09. The van der Waals surface area contributed by atoms with E-state index in [2.05, 4.69) is 15.5 Å². The van der Waals surface area contributed by atoms with Crippen molar-refractivity contribution in [3.05, 3.63) is 36.0 Å². The van der Waals surface area contributed by atoms with E-state index in [1.165, 1.54) is 0 Å². The molecule has 7 nitrogen and oxygen atoms in total. The quantitative estimate of drug-likeness (QED) is 0.842. The van der Waals surface area contributed by atoms with Crippen molar-refractivity contribution in [2.75, 3.05) is 12.4 Å². The van der Waals surface area contributed by atoms with Crippen molar-refractivity contribution in [2.45, 2.75) is 32.2 Å². The molecule has 7 heteroatoms. The van der Waals surface area contributed by atoms with Crippen molar-refractivity contribution in [1.29, 1.82) is 0 Å². The second kappa shape index (κ2) is 7.04. The van der Waals surface area contributed by atoms with Gasteiger partial charge in [0, 0.05) is 6.04 Å². The molecule has 2 atom stereocenters. The van der Waals surface area contributed by atoms with Gasteiger partial charge in [-0.3, -0.25) is 4.79 Å². The molecular weight excluding hydrogens is 284 g/mol. The minimum Gasteiger partial charge on any atom is -0.495 e. The third kappa shape index (κ3) is 3.82. The molecule has 22 heavy (non-hydrogen) atoms. The van der Waals surface area contributed by atoms with Crippen LogP contribution in [-0.2, 0) is 11.2 Å². The number of benzene rings is 1. The monoisotopic (exact) mass is 304 g/mol. The molecule has 0 spiro atoms. The second-order valence-electron chi connectivity index (χ2n) is 5.12. The number of carbonyl (C=O) groups is 1. The van der Waals surface area contributed by atoms with Gasteiger partial charge in [-0.05, 0) is 19.1 Å². The molecule has 2 rings (SSSR count). The number of anilines is 1. The Kier molecular flexibility index (Phi) is 5.11. The van der Waals surface area contributed by atoms with Crippen molar-refractivity contribution in [3.63, 3.8) is 0 Å². The molecule has 0 aliphatic carbocycles. The molecule has 0 aliphatic rings. The Morgan fingerprint density at radius 3 is 2.82 bits per heavy atom. The Morgan fingerprint density at radius 1 is 1.41 bits per heavy atom. The first kappa shape index (κ1) is 16.0. The van der Waals surface area contributed by atoms with E-state index in [0.29, 0.717) is 23.2 Å². The summed E-state index contributed by atoms with van der Waals surface area (Å²) in [6.07, 6.45) is 0.0211. The molecule has 0 saturated heterocycles. The molecule has 0 bridgehead atoms. The number of aromatic nitrogens is 2. The average Bonchev–Trinajstić information content (AvgIpc) is 2.95. The minimum absolute atomic E-state index is 0.0211. The maximum atomic E-state index is 12.0. The summed E-state index contributed by atoms with van der Waals surface area (Å²) in [7, 11) is 1.55. The Morgan fingerprint density at radius 2 is 2.14 bits per heavy atom. The highest BCUT2D eigenvalue weighted by Crippen LogP contribution is 2.23. The average molecular weight is 304 g/mol. The fourth-order valence-corrected chi connectivity index (χ4v) is 1.84. The number of nitrogens with one attached hydrogen (secondary N) is 1. The summed E-state index contributed by atoms with van der Waals surface area (Å²) in [4.78, 5) is 16.3. The number of hydrogen-bond acceptors (Lipinski definition) is 6. The summed E-state index contributed by atoms with van der Waals surface area (Å²) < 4.78 is 10.3. The molecule has 0 aliphatic heterocycles. The van der Waals surface area contributed by atoms with E-state index in [4.69, 9.17) is 15.0 Å². The van der Waals surface area contributed by atoms with Gasteiger partial charge in [0.05, 0.1) is 25.1 Å². The Labute approximate surface area is 128 Å². The highest BCUT2D eigenvalue weighted by molar-refractivity contribution is 5.93. The van der Waals surface area contributed by atoms with Crippen LogP contribution in [0.5, 0.6) is 5.75 Å². The van der Waals surface area contributed by atoms with Gasteiger partial charge >= 0.3 is 0 Å². The van der Waals surface area contributed by atoms with Crippen LogP contribution in [0.3, 0.4) is 0 Å². The SMILES string of the molecule is COc1ccccc1NC(=O)Cc1noc(C(C)C(C)N)n1. The summed E-state index contributed by atoms with van der Waals surface area (Å²) in [6.45, 7) is 3.76. The molecule has 118 valence electrons. The molecule has 0 fully saturated rings. The van der Waals surface area contributed by atoms with Gasteiger partial charge in [-0.2, -0.15) is 4.98 Å². The van der Waals surface area contributed by atoms with Gasteiger partial charge in [0.15, 0.2) is 5.82 Å². The molecule has 1 amide bonds. The lowest BCUT2D eigenvalue weighted by atomic mass is 10.1. The number of carbonyl (C=O) groups excluding carboxylic acids is 1. The molecule has 0 radical (unpaired) electrons. The number of hydrogen-bond donors (Lipinski definition) is 2. The number of methoxy groups -OCH3 is 1. The first-order valence-corrected chi connectivity index (χ1v) is 7.02. The maximum absolute atomic E-state index is 12.0. The standard InChI is InChI=1S/C15H20N4O3/c1-9(10(2)16)15-18-13(19-22-15)8-14(20)17-11-6-4-5-7-12(11)21-3/h4-7,9-10H,8,16H2,1-3H3,(H,17,20). The zero-order valence-electron chi connectivity index (χ0n) is 12.9. The largest absolute Gasteiger partial charge is 0.495 e. The Hall–Kier alpha value is -2.41. The second-order valence-corrected chi connectivity index (χ2v) is 5.12. The van der Waals surface area contributed by atoms with Crippen LogP contribution < -0.4 is 15.8 Å². The van der Waals surface area contributed by atoms with Crippen molar-refractivity contribution in [1.82, 2.24) is 10.1 Å². The van der Waals surface area contributed by atoms with Crippen molar-refractivity contribution in [3.8, 4) is 5.75 Å². The Balaban J connectivity index is 2.00. The lowest BCUT2D eigenvalue weighted by Crippen LogP contribution is -2.22. The molecule has 2 unspecified atom stereocenters. The first-order chi connectivity index (χ1) is 10.5. The number of para-hydroxylation sites is 2. The third-order valence-corrected chi connectivity index (χ3v) is 3.36. The van der Waals surface area contributed by atoms with Crippen molar-refractivity contribution >= 4 is 11.6 Å². The molecule has 2 aromatic rings. The summed E-state index contributed by atoms with van der Waals surface area (Å²) in [5, 5.41) is 6.57. The Bertz CT molecular complexity index is 639. The highest BCUT2D eigenvalue weighted by atomic mass is 16.5. The molecule has 1 aromatic carbocycles. The molecule has 3 N–H and O–H groups in total. The van der Waals surface area contributed by atoms with Crippen LogP contribution in [0.1, 0.15) is 31.5 Å². The predicted molar refractivity (Wildman–Crippen MR) is 81.7 cm³/mol. The number of rotatable bonds is 6. The van der Waals surface area contributed by atoms with Crippen molar-refractivity contribution in [2.24, 2.45) is 5.73 Å². The first-order valence-electron chi connectivity index (χ1n) is 7.02. The van der Waals surface area contributed by atoms with Crippen molar-refractivity contribution < 1.29 is 14.1 Å². The van der Waals surface area contributed by atoms with E-state index < -0.39 is 0 Å². The zero-order chi connectivity index (χ0) is 16.1. The molecule has 0 saturated carbocycles. The molecular formula is C15H20N4O3. The van der Waals surface area contributed by atoms with Crippen LogP contribution in [0.25, 0.3) is 0 Å². The molecule has 1 aromatic heterocycles. The van der Waals surface area contributed by atoms with Gasteiger partial charge in [0.2, 0.25) is 11.8 Å². The summed E-state index contributed by atoms with van der Waals surface area (Å²) in [6, 6.07) is 7.07. The summed E-state index contributed by atoms with van der Waals surface area (Å²) in [5.41, 5.74) is 6.39. The van der Waals surface area contributed by atoms with Gasteiger partial charge in [-0.25, -0.2) is 0 Å². The predicted octanol–water partition coefficient (Wildman–Crippen LogP) is 1.71. The fraction of sp³-hybridized carbons (Fsp3) is 0.400. The van der Waals surface area contributed by atoms with Gasteiger partial charge in [-0.15, -0.1) is 0 Å². The van der Waals surface area contributed by atoms with Crippen LogP contribution in [0, 0.1) is 0 Å². The topological polar surface area (TPSA) is 103 Å². The van der Waals surface area contributed by atoms with Crippen LogP contribution in [0.2, 0.25) is 0 Å². The van der Waals surface area contributed by atoms with E-state index in [9.17, 15) is 4.79 Å². The highest BCUT2D eigenvalue weighted by Gasteiger charge is 2.19. The minimum atomic E-state index is -0.245. The van der Waals surface area contributed by atoms with Gasteiger partial charge in [0.1, 0.15) is 5.75 Å². The van der Waals surface area contributed by atoms with Crippen LogP contribution in [0.15, 0.2) is 28.8 Å². The van der Waals surface area contributed by atoms with Crippen LogP contribution >= 0.6 is 0 Å². The maximum Gasteiger partial charge on any atom is 0.232 e. The van der Waals surface area contributed by atoms with E-state index in [0.717, 1.165) is 0 Å². The normalized spacial score (nSPS) is 13.5. The van der Waals surface area contributed by atoms with Crippen LogP contribution in [0.4, 0.5) is 5.69 Å². The van der Waals surface area contributed by atoms with Crippen LogP contribution in [-0.4, -0.2) is 29.2 Å². The number of ether oxygens (including phenoxy) is 1. The summed E-state index contributed by atoms with van der Waals surface area (Å²) in [5.74, 6) is 1.06. The zero-order valence-corrected chi connectivity index (χ0v) is 12.9. The lowest BCUT2D eigenvalue weighted by molar-refractivity contribution is -0.115. The number of nitrogens with zero attached hydrogens (tertiary/aromatic N) is 2. The van der Waals surface area contributed by atoms with Gasteiger partial charge in [0.25, 0.3) is 0 Å². The van der Waals surface area contributed by atoms with E-state index in [1.807, 2.05) is 26.0 Å².